The minimum absolute atomic E-state index is 0.0655. The normalized spacial score (nSPS) is 10.2. The third-order valence-electron chi connectivity index (χ3n) is 2.17. The van der Waals surface area contributed by atoms with Crippen molar-refractivity contribution in [3.63, 3.8) is 0 Å². The maximum atomic E-state index is 11.4. The zero-order chi connectivity index (χ0) is 12.3. The van der Waals surface area contributed by atoms with Crippen LogP contribution >= 0.6 is 11.3 Å². The molecule has 2 rings (SSSR count). The van der Waals surface area contributed by atoms with Crippen molar-refractivity contribution in [2.24, 2.45) is 0 Å². The van der Waals surface area contributed by atoms with Crippen molar-refractivity contribution in [1.82, 2.24) is 10.3 Å². The average Bonchev–Trinajstić information content (AvgIpc) is 2.68. The van der Waals surface area contributed by atoms with Crippen LogP contribution in [0.5, 0.6) is 0 Å². The van der Waals surface area contributed by atoms with Crippen molar-refractivity contribution >= 4 is 27.5 Å². The number of hydrogen-bond acceptors (Lipinski definition) is 3. The van der Waals surface area contributed by atoms with Gasteiger partial charge in [-0.25, -0.2) is 4.98 Å². The third-order valence-corrected chi connectivity index (χ3v) is 3.21. The van der Waals surface area contributed by atoms with E-state index in [2.05, 4.69) is 10.3 Å². The molecule has 0 aliphatic carbocycles. The molecule has 3 nitrogen and oxygen atoms in total. The van der Waals surface area contributed by atoms with Crippen LogP contribution in [0.1, 0.15) is 18.9 Å². The number of thiazole rings is 1. The zero-order valence-corrected chi connectivity index (χ0v) is 10.7. The Kier molecular flexibility index (Phi) is 3.54. The molecule has 4 heteroatoms. The highest BCUT2D eigenvalue weighted by atomic mass is 32.1. The fourth-order valence-corrected chi connectivity index (χ4v) is 2.38. The second-order valence-electron chi connectivity index (χ2n) is 4.01. The summed E-state index contributed by atoms with van der Waals surface area (Å²) in [6.07, 6.45) is 1.59. The summed E-state index contributed by atoms with van der Waals surface area (Å²) in [5.74, 6) is -0.0655. The predicted molar refractivity (Wildman–Crippen MR) is 70.9 cm³/mol. The first kappa shape index (κ1) is 11.8. The second-order valence-corrected chi connectivity index (χ2v) is 5.13. The molecule has 0 saturated carbocycles. The molecule has 0 unspecified atom stereocenters. The largest absolute Gasteiger partial charge is 0.346 e. The van der Waals surface area contributed by atoms with E-state index in [1.165, 1.54) is 0 Å². The molecule has 0 aliphatic heterocycles. The van der Waals surface area contributed by atoms with E-state index in [0.717, 1.165) is 20.8 Å². The maximum absolute atomic E-state index is 11.4. The maximum Gasteiger partial charge on any atom is 0.244 e. The number of aromatic nitrogens is 1. The summed E-state index contributed by atoms with van der Waals surface area (Å²) in [5, 5.41) is 3.76. The first-order chi connectivity index (χ1) is 8.15. The number of hydrogen-bond donors (Lipinski definition) is 1. The number of para-hydroxylation sites is 1. The van der Waals surface area contributed by atoms with Crippen LogP contribution in [0.25, 0.3) is 10.2 Å². The molecule has 17 heavy (non-hydrogen) atoms. The Balaban J connectivity index is 2.04. The molecule has 0 radical (unpaired) electrons. The predicted octanol–water partition coefficient (Wildman–Crippen LogP) is 2.88. The lowest BCUT2D eigenvalue weighted by Gasteiger charge is -1.98. The lowest BCUT2D eigenvalue weighted by Crippen LogP contribution is -2.20. The molecule has 0 saturated heterocycles. The quantitative estimate of drug-likeness (QED) is 0.846. The van der Waals surface area contributed by atoms with Gasteiger partial charge in [0, 0.05) is 6.08 Å². The lowest BCUT2D eigenvalue weighted by molar-refractivity contribution is -0.116. The van der Waals surface area contributed by atoms with Crippen LogP contribution in [0, 0.1) is 0 Å². The van der Waals surface area contributed by atoms with E-state index < -0.39 is 0 Å². The number of rotatable bonds is 3. The first-order valence-electron chi connectivity index (χ1n) is 5.42. The zero-order valence-electron chi connectivity index (χ0n) is 9.86. The van der Waals surface area contributed by atoms with Crippen LogP contribution < -0.4 is 5.32 Å². The minimum atomic E-state index is -0.0655. The highest BCUT2D eigenvalue weighted by Gasteiger charge is 2.03. The molecular weight excluding hydrogens is 232 g/mol. The topological polar surface area (TPSA) is 42.0 Å². The van der Waals surface area contributed by atoms with Crippen molar-refractivity contribution in [1.29, 1.82) is 0 Å². The fraction of sp³-hybridized carbons (Fsp3) is 0.231. The number of allylic oxidation sites excluding steroid dienone is 1. The number of nitrogens with zero attached hydrogens (tertiary/aromatic N) is 1. The molecule has 0 spiro atoms. The average molecular weight is 246 g/mol. The van der Waals surface area contributed by atoms with Crippen LogP contribution in [0.3, 0.4) is 0 Å². The van der Waals surface area contributed by atoms with Gasteiger partial charge in [-0.3, -0.25) is 4.79 Å². The molecule has 1 amide bonds. The number of fused-ring (bicyclic) bond motifs is 1. The molecular formula is C13H14N2OS. The molecule has 0 bridgehead atoms. The summed E-state index contributed by atoms with van der Waals surface area (Å²) in [7, 11) is 0. The Bertz CT molecular complexity index is 535. The summed E-state index contributed by atoms with van der Waals surface area (Å²) >= 11 is 1.61. The van der Waals surface area contributed by atoms with Crippen molar-refractivity contribution < 1.29 is 4.79 Å². The minimum Gasteiger partial charge on any atom is -0.346 e. The van der Waals surface area contributed by atoms with Crippen molar-refractivity contribution in [2.45, 2.75) is 20.4 Å². The number of amides is 1. The molecule has 88 valence electrons. The van der Waals surface area contributed by atoms with Gasteiger partial charge < -0.3 is 5.32 Å². The summed E-state index contributed by atoms with van der Waals surface area (Å²) in [5.41, 5.74) is 1.98. The summed E-state index contributed by atoms with van der Waals surface area (Å²) in [6.45, 7) is 4.29. The molecule has 0 fully saturated rings. The Morgan fingerprint density at radius 1 is 1.41 bits per heavy atom. The summed E-state index contributed by atoms with van der Waals surface area (Å²) < 4.78 is 1.15. The van der Waals surface area contributed by atoms with Crippen molar-refractivity contribution in [3.8, 4) is 0 Å². The summed E-state index contributed by atoms with van der Waals surface area (Å²) in [4.78, 5) is 15.9. The summed E-state index contributed by atoms with van der Waals surface area (Å²) in [6, 6.07) is 7.97. The van der Waals surface area contributed by atoms with Gasteiger partial charge in [0.2, 0.25) is 5.91 Å². The first-order valence-corrected chi connectivity index (χ1v) is 6.24. The van der Waals surface area contributed by atoms with E-state index in [9.17, 15) is 4.79 Å². The van der Waals surface area contributed by atoms with E-state index in [0.29, 0.717) is 6.54 Å². The number of nitrogens with one attached hydrogen (secondary N) is 1. The fourth-order valence-electron chi connectivity index (χ4n) is 1.47. The number of carbonyl (C=O) groups is 1. The van der Waals surface area contributed by atoms with Crippen molar-refractivity contribution in [2.75, 3.05) is 0 Å². The van der Waals surface area contributed by atoms with Gasteiger partial charge in [-0.2, -0.15) is 0 Å². The van der Waals surface area contributed by atoms with Gasteiger partial charge in [0.1, 0.15) is 5.01 Å². The van der Waals surface area contributed by atoms with Crippen LogP contribution in [-0.2, 0) is 11.3 Å². The third kappa shape index (κ3) is 3.14. The van der Waals surface area contributed by atoms with Gasteiger partial charge in [-0.05, 0) is 26.0 Å². The highest BCUT2D eigenvalue weighted by Crippen LogP contribution is 2.21. The van der Waals surface area contributed by atoms with E-state index >= 15 is 0 Å². The molecule has 1 aromatic carbocycles. The highest BCUT2D eigenvalue weighted by molar-refractivity contribution is 7.18. The second kappa shape index (κ2) is 5.10. The molecule has 1 heterocycles. The molecule has 1 aromatic heterocycles. The van der Waals surface area contributed by atoms with Gasteiger partial charge in [0.05, 0.1) is 16.8 Å². The monoisotopic (exact) mass is 246 g/mol. The van der Waals surface area contributed by atoms with Crippen LogP contribution in [0.15, 0.2) is 35.9 Å². The SMILES string of the molecule is CC(C)=CC(=O)NCc1nc2ccccc2s1. The van der Waals surface area contributed by atoms with Gasteiger partial charge in [-0.1, -0.05) is 17.7 Å². The Hall–Kier alpha value is -1.68. The Morgan fingerprint density at radius 3 is 2.88 bits per heavy atom. The van der Waals surface area contributed by atoms with Crippen LogP contribution in [-0.4, -0.2) is 10.9 Å². The molecule has 1 N–H and O–H groups in total. The Labute approximate surface area is 104 Å². The van der Waals surface area contributed by atoms with E-state index in [-0.39, 0.29) is 5.91 Å². The van der Waals surface area contributed by atoms with E-state index in [4.69, 9.17) is 0 Å². The number of benzene rings is 1. The number of carbonyl (C=O) groups excluding carboxylic acids is 1. The standard InChI is InChI=1S/C13H14N2OS/c1-9(2)7-12(16)14-8-13-15-10-5-3-4-6-11(10)17-13/h3-7H,8H2,1-2H3,(H,14,16). The van der Waals surface area contributed by atoms with Crippen LogP contribution in [0.4, 0.5) is 0 Å². The van der Waals surface area contributed by atoms with Gasteiger partial charge in [0.15, 0.2) is 0 Å². The van der Waals surface area contributed by atoms with Gasteiger partial charge >= 0.3 is 0 Å². The Morgan fingerprint density at radius 2 is 2.18 bits per heavy atom. The molecule has 0 aliphatic rings. The van der Waals surface area contributed by atoms with Crippen molar-refractivity contribution in [3.05, 3.63) is 40.9 Å². The smallest absolute Gasteiger partial charge is 0.244 e. The van der Waals surface area contributed by atoms with E-state index in [1.54, 1.807) is 17.4 Å². The lowest BCUT2D eigenvalue weighted by atomic mass is 10.3. The van der Waals surface area contributed by atoms with Gasteiger partial charge in [-0.15, -0.1) is 11.3 Å². The van der Waals surface area contributed by atoms with Gasteiger partial charge in [0.25, 0.3) is 0 Å². The van der Waals surface area contributed by atoms with E-state index in [1.807, 2.05) is 38.1 Å². The van der Waals surface area contributed by atoms with Crippen LogP contribution in [0.2, 0.25) is 0 Å². The molecule has 0 atom stereocenters. The molecule has 2 aromatic rings.